The van der Waals surface area contributed by atoms with Crippen LogP contribution in [0.1, 0.15) is 71.1 Å². The van der Waals surface area contributed by atoms with Crippen LogP contribution < -0.4 is 0 Å². The molecule has 0 N–H and O–H groups in total. The minimum atomic E-state index is 1.26. The van der Waals surface area contributed by atoms with Crippen molar-refractivity contribution in [3.05, 3.63) is 12.3 Å². The first kappa shape index (κ1) is 13.6. The molecule has 1 aliphatic heterocycles. The molecular weight excluding hydrogens is 194 g/mol. The maximum Gasteiger partial charge on any atom is 0.0207 e. The van der Waals surface area contributed by atoms with Crippen LogP contribution in [0.5, 0.6) is 0 Å². The van der Waals surface area contributed by atoms with Gasteiger partial charge in [0.2, 0.25) is 0 Å². The second-order valence-electron chi connectivity index (χ2n) is 5.04. The monoisotopic (exact) mass is 223 g/mol. The van der Waals surface area contributed by atoms with E-state index in [1.165, 1.54) is 77.3 Å². The number of rotatable bonds is 10. The van der Waals surface area contributed by atoms with Gasteiger partial charge in [0.05, 0.1) is 0 Å². The van der Waals surface area contributed by atoms with Gasteiger partial charge in [-0.1, -0.05) is 64.4 Å². The predicted molar refractivity (Wildman–Crippen MR) is 72.6 cm³/mol. The summed E-state index contributed by atoms with van der Waals surface area (Å²) in [4.78, 5) is 2.46. The fourth-order valence-corrected chi connectivity index (χ4v) is 2.35. The van der Waals surface area contributed by atoms with Gasteiger partial charge >= 0.3 is 0 Å². The molecule has 0 aliphatic carbocycles. The SMILES string of the molecule is CCCCCCCCCCCN1C=CCC1. The molecule has 0 radical (unpaired) electrons. The number of hydrogen-bond donors (Lipinski definition) is 0. The third-order valence-electron chi connectivity index (χ3n) is 3.45. The number of nitrogens with zero attached hydrogens (tertiary/aromatic N) is 1. The van der Waals surface area contributed by atoms with E-state index in [0.29, 0.717) is 0 Å². The Hall–Kier alpha value is -0.460. The molecule has 0 spiro atoms. The second kappa shape index (κ2) is 9.74. The summed E-state index contributed by atoms with van der Waals surface area (Å²) in [5.74, 6) is 0. The molecule has 1 nitrogen and oxygen atoms in total. The van der Waals surface area contributed by atoms with Crippen molar-refractivity contribution in [2.75, 3.05) is 13.1 Å². The quantitative estimate of drug-likeness (QED) is 0.484. The molecule has 0 unspecified atom stereocenters. The molecule has 1 heterocycles. The van der Waals surface area contributed by atoms with Crippen molar-refractivity contribution in [3.8, 4) is 0 Å². The lowest BCUT2D eigenvalue weighted by molar-refractivity contribution is 0.388. The maximum atomic E-state index is 2.46. The van der Waals surface area contributed by atoms with Crippen LogP contribution in [-0.4, -0.2) is 18.0 Å². The fraction of sp³-hybridized carbons (Fsp3) is 0.867. The van der Waals surface area contributed by atoms with Gasteiger partial charge in [0.25, 0.3) is 0 Å². The normalized spacial score (nSPS) is 14.9. The van der Waals surface area contributed by atoms with E-state index >= 15 is 0 Å². The van der Waals surface area contributed by atoms with E-state index < -0.39 is 0 Å². The van der Waals surface area contributed by atoms with E-state index in [4.69, 9.17) is 0 Å². The molecule has 0 saturated heterocycles. The Kier molecular flexibility index (Phi) is 8.28. The summed E-state index contributed by atoms with van der Waals surface area (Å²) < 4.78 is 0. The zero-order valence-corrected chi connectivity index (χ0v) is 11.1. The summed E-state index contributed by atoms with van der Waals surface area (Å²) in [5, 5.41) is 0. The lowest BCUT2D eigenvalue weighted by Gasteiger charge is -2.14. The molecule has 1 rings (SSSR count). The summed E-state index contributed by atoms with van der Waals surface area (Å²) in [6, 6.07) is 0. The standard InChI is InChI=1S/C15H29N/c1-2-3-4-5-6-7-8-9-10-13-16-14-11-12-15-16/h11,14H,2-10,12-13,15H2,1H3. The van der Waals surface area contributed by atoms with E-state index in [1.807, 2.05) is 0 Å². The van der Waals surface area contributed by atoms with E-state index in [-0.39, 0.29) is 0 Å². The van der Waals surface area contributed by atoms with Crippen LogP contribution in [-0.2, 0) is 0 Å². The van der Waals surface area contributed by atoms with Crippen LogP contribution in [0.2, 0.25) is 0 Å². The van der Waals surface area contributed by atoms with Crippen LogP contribution >= 0.6 is 0 Å². The van der Waals surface area contributed by atoms with Crippen molar-refractivity contribution in [1.29, 1.82) is 0 Å². The molecular formula is C15H29N. The van der Waals surface area contributed by atoms with Gasteiger partial charge in [-0.05, 0) is 19.0 Å². The summed E-state index contributed by atoms with van der Waals surface area (Å²) in [5.41, 5.74) is 0. The van der Waals surface area contributed by atoms with Crippen molar-refractivity contribution >= 4 is 0 Å². The van der Waals surface area contributed by atoms with Gasteiger partial charge in [0.15, 0.2) is 0 Å². The zero-order valence-electron chi connectivity index (χ0n) is 11.1. The Morgan fingerprint density at radius 3 is 2.06 bits per heavy atom. The van der Waals surface area contributed by atoms with E-state index in [9.17, 15) is 0 Å². The molecule has 1 heteroatoms. The minimum Gasteiger partial charge on any atom is -0.377 e. The Labute approximate surface area is 102 Å². The third-order valence-corrected chi connectivity index (χ3v) is 3.45. The van der Waals surface area contributed by atoms with Gasteiger partial charge in [-0.3, -0.25) is 0 Å². The highest BCUT2D eigenvalue weighted by molar-refractivity contribution is 4.90. The fourth-order valence-electron chi connectivity index (χ4n) is 2.35. The molecule has 0 aromatic rings. The first-order chi connectivity index (χ1) is 7.93. The van der Waals surface area contributed by atoms with Gasteiger partial charge in [0, 0.05) is 13.1 Å². The topological polar surface area (TPSA) is 3.24 Å². The van der Waals surface area contributed by atoms with Gasteiger partial charge < -0.3 is 4.90 Å². The van der Waals surface area contributed by atoms with Crippen LogP contribution in [0, 0.1) is 0 Å². The van der Waals surface area contributed by atoms with Crippen molar-refractivity contribution in [2.24, 2.45) is 0 Å². The average Bonchev–Trinajstić information content (AvgIpc) is 2.80. The van der Waals surface area contributed by atoms with Crippen molar-refractivity contribution in [1.82, 2.24) is 4.90 Å². The lowest BCUT2D eigenvalue weighted by Crippen LogP contribution is -2.15. The van der Waals surface area contributed by atoms with Gasteiger partial charge in [0.1, 0.15) is 0 Å². The first-order valence-corrected chi connectivity index (χ1v) is 7.34. The van der Waals surface area contributed by atoms with Gasteiger partial charge in [-0.2, -0.15) is 0 Å². The highest BCUT2D eigenvalue weighted by atomic mass is 15.1. The Bertz CT molecular complexity index is 174. The summed E-state index contributed by atoms with van der Waals surface area (Å²) in [7, 11) is 0. The summed E-state index contributed by atoms with van der Waals surface area (Å²) >= 11 is 0. The number of unbranched alkanes of at least 4 members (excludes halogenated alkanes) is 8. The molecule has 0 fully saturated rings. The molecule has 0 atom stereocenters. The van der Waals surface area contributed by atoms with Crippen LogP contribution in [0.4, 0.5) is 0 Å². The average molecular weight is 223 g/mol. The molecule has 0 aromatic carbocycles. The minimum absolute atomic E-state index is 1.26. The van der Waals surface area contributed by atoms with Crippen molar-refractivity contribution < 1.29 is 0 Å². The highest BCUT2D eigenvalue weighted by Crippen LogP contribution is 2.11. The van der Waals surface area contributed by atoms with Gasteiger partial charge in [-0.15, -0.1) is 0 Å². The number of hydrogen-bond acceptors (Lipinski definition) is 1. The highest BCUT2D eigenvalue weighted by Gasteiger charge is 2.02. The molecule has 94 valence electrons. The molecule has 1 aliphatic rings. The van der Waals surface area contributed by atoms with Crippen LogP contribution in [0.3, 0.4) is 0 Å². The maximum absolute atomic E-state index is 2.46. The molecule has 0 saturated carbocycles. The Balaban J connectivity index is 1.73. The molecule has 0 amide bonds. The largest absolute Gasteiger partial charge is 0.377 e. The smallest absolute Gasteiger partial charge is 0.0207 e. The molecule has 0 bridgehead atoms. The Morgan fingerprint density at radius 1 is 0.875 bits per heavy atom. The third kappa shape index (κ3) is 6.92. The Morgan fingerprint density at radius 2 is 1.50 bits per heavy atom. The lowest BCUT2D eigenvalue weighted by atomic mass is 10.1. The molecule has 0 aromatic heterocycles. The predicted octanol–water partition coefficient (Wildman–Crippen LogP) is 4.74. The zero-order chi connectivity index (χ0) is 11.5. The van der Waals surface area contributed by atoms with Crippen LogP contribution in [0.25, 0.3) is 0 Å². The van der Waals surface area contributed by atoms with Crippen LogP contribution in [0.15, 0.2) is 12.3 Å². The summed E-state index contributed by atoms with van der Waals surface area (Å²) in [6.45, 7) is 4.83. The van der Waals surface area contributed by atoms with E-state index in [2.05, 4.69) is 24.1 Å². The van der Waals surface area contributed by atoms with Crippen molar-refractivity contribution in [2.45, 2.75) is 71.1 Å². The van der Waals surface area contributed by atoms with Gasteiger partial charge in [-0.25, -0.2) is 0 Å². The van der Waals surface area contributed by atoms with Crippen molar-refractivity contribution in [3.63, 3.8) is 0 Å². The molecule has 16 heavy (non-hydrogen) atoms. The second-order valence-corrected chi connectivity index (χ2v) is 5.04. The summed E-state index contributed by atoms with van der Waals surface area (Å²) in [6.07, 6.45) is 18.7. The van der Waals surface area contributed by atoms with E-state index in [1.54, 1.807) is 0 Å². The van der Waals surface area contributed by atoms with E-state index in [0.717, 1.165) is 0 Å². The first-order valence-electron chi connectivity index (χ1n) is 7.34.